The van der Waals surface area contributed by atoms with Gasteiger partial charge in [0.15, 0.2) is 0 Å². The lowest BCUT2D eigenvalue weighted by molar-refractivity contribution is -0.138. The first-order valence-corrected chi connectivity index (χ1v) is 12.0. The molecule has 182 valence electrons. The number of nitrogens with one attached hydrogen (secondary N) is 1. The zero-order valence-corrected chi connectivity index (χ0v) is 19.2. The first-order valence-electron chi connectivity index (χ1n) is 10.5. The van der Waals surface area contributed by atoms with Crippen LogP contribution in [-0.2, 0) is 16.2 Å². The summed E-state index contributed by atoms with van der Waals surface area (Å²) in [6.07, 6.45) is -1.91. The highest BCUT2D eigenvalue weighted by atomic mass is 32.2. The minimum atomic E-state index is -4.74. The van der Waals surface area contributed by atoms with Gasteiger partial charge in [0, 0.05) is 6.07 Å². The fraction of sp³-hybridized carbons (Fsp3) is 0.250. The molecule has 4 rings (SSSR count). The maximum Gasteiger partial charge on any atom is 0.419 e. The molecule has 1 fully saturated rings. The molecule has 0 aromatic heterocycles. The number of alkyl halides is 3. The van der Waals surface area contributed by atoms with Crippen molar-refractivity contribution in [1.82, 2.24) is 4.90 Å². The van der Waals surface area contributed by atoms with Crippen LogP contribution in [0.15, 0.2) is 77.7 Å². The number of likely N-dealkylation sites (tertiary alicyclic amines) is 1. The minimum Gasteiger partial charge on any atom is -0.507 e. The molecule has 1 aliphatic heterocycles. The summed E-state index contributed by atoms with van der Waals surface area (Å²) >= 11 is 0. The summed E-state index contributed by atoms with van der Waals surface area (Å²) in [4.78, 5) is 2.24. The van der Waals surface area contributed by atoms with Crippen LogP contribution in [0.3, 0.4) is 0 Å². The summed E-state index contributed by atoms with van der Waals surface area (Å²) in [6.45, 7) is 2.64. The highest BCUT2D eigenvalue weighted by Crippen LogP contribution is 2.37. The third-order valence-corrected chi connectivity index (χ3v) is 6.40. The number of phenolic OH excluding ortho intramolecular Hbond substituents is 1. The van der Waals surface area contributed by atoms with E-state index in [9.17, 15) is 26.7 Å². The van der Waals surface area contributed by atoms with E-state index in [2.05, 4.69) is 16.7 Å². The second-order valence-electron chi connectivity index (χ2n) is 7.73. The van der Waals surface area contributed by atoms with Gasteiger partial charge in [-0.3, -0.25) is 4.72 Å². The number of halogens is 3. The lowest BCUT2D eigenvalue weighted by Crippen LogP contribution is -2.13. The molecule has 6 nitrogen and oxygen atoms in total. The molecule has 0 bridgehead atoms. The molecule has 1 aliphatic rings. The van der Waals surface area contributed by atoms with Gasteiger partial charge in [0.25, 0.3) is 10.0 Å². The van der Waals surface area contributed by atoms with E-state index in [1.54, 1.807) is 24.3 Å². The Balaban J connectivity index is 0.000000469. The molecule has 0 saturated carbocycles. The number of nitrogens with zero attached hydrogens (tertiary/aromatic N) is 1. The van der Waals surface area contributed by atoms with Crippen LogP contribution in [0.2, 0.25) is 0 Å². The van der Waals surface area contributed by atoms with Crippen molar-refractivity contribution in [2.45, 2.75) is 23.9 Å². The van der Waals surface area contributed by atoms with Gasteiger partial charge in [-0.25, -0.2) is 8.42 Å². The second kappa shape index (κ2) is 10.8. The Labute approximate surface area is 196 Å². The van der Waals surface area contributed by atoms with Crippen molar-refractivity contribution in [2.24, 2.45) is 0 Å². The summed E-state index contributed by atoms with van der Waals surface area (Å²) in [6, 6.07) is 16.6. The first kappa shape index (κ1) is 25.4. The summed E-state index contributed by atoms with van der Waals surface area (Å²) in [7, 11) is -1.89. The number of rotatable bonds is 5. The number of sulfonamides is 1. The third-order valence-electron chi connectivity index (χ3n) is 5.00. The van der Waals surface area contributed by atoms with Crippen LogP contribution in [-0.4, -0.2) is 38.6 Å². The fourth-order valence-corrected chi connectivity index (χ4v) is 4.29. The molecule has 0 spiro atoms. The third kappa shape index (κ3) is 7.13. The van der Waals surface area contributed by atoms with Gasteiger partial charge >= 0.3 is 6.18 Å². The van der Waals surface area contributed by atoms with E-state index in [-0.39, 0.29) is 10.6 Å². The maximum atomic E-state index is 12.7. The van der Waals surface area contributed by atoms with Gasteiger partial charge in [0.1, 0.15) is 17.2 Å². The number of benzene rings is 3. The molecule has 0 aliphatic carbocycles. The molecule has 2 N–H and O–H groups in total. The molecule has 0 radical (unpaired) electrons. The fourth-order valence-electron chi connectivity index (χ4n) is 3.24. The van der Waals surface area contributed by atoms with Crippen LogP contribution in [0.4, 0.5) is 18.9 Å². The van der Waals surface area contributed by atoms with Gasteiger partial charge in [-0.05, 0) is 81.5 Å². The van der Waals surface area contributed by atoms with E-state index < -0.39 is 27.5 Å². The second-order valence-corrected chi connectivity index (χ2v) is 9.41. The number of hydrogen-bond donors (Lipinski definition) is 2. The largest absolute Gasteiger partial charge is 0.507 e. The predicted molar refractivity (Wildman–Crippen MR) is 124 cm³/mol. The van der Waals surface area contributed by atoms with Crippen LogP contribution >= 0.6 is 0 Å². The van der Waals surface area contributed by atoms with Crippen molar-refractivity contribution in [3.8, 4) is 17.2 Å². The van der Waals surface area contributed by atoms with E-state index in [4.69, 9.17) is 4.74 Å². The number of anilines is 1. The van der Waals surface area contributed by atoms with E-state index in [1.807, 2.05) is 6.07 Å². The van der Waals surface area contributed by atoms with Crippen molar-refractivity contribution in [1.29, 1.82) is 0 Å². The van der Waals surface area contributed by atoms with Gasteiger partial charge in [-0.15, -0.1) is 0 Å². The van der Waals surface area contributed by atoms with E-state index in [1.165, 1.54) is 50.2 Å². The number of para-hydroxylation sites is 1. The molecule has 1 heterocycles. The summed E-state index contributed by atoms with van der Waals surface area (Å²) in [5.74, 6) is -0.0758. The van der Waals surface area contributed by atoms with Crippen molar-refractivity contribution in [3.05, 3.63) is 78.4 Å². The minimum absolute atomic E-state index is 0.118. The lowest BCUT2D eigenvalue weighted by Gasteiger charge is -2.12. The zero-order chi connectivity index (χ0) is 24.8. The van der Waals surface area contributed by atoms with Gasteiger partial charge in [-0.2, -0.15) is 13.2 Å². The van der Waals surface area contributed by atoms with Gasteiger partial charge in [-0.1, -0.05) is 18.2 Å². The van der Waals surface area contributed by atoms with Gasteiger partial charge < -0.3 is 14.7 Å². The lowest BCUT2D eigenvalue weighted by atomic mass is 10.2. The van der Waals surface area contributed by atoms with E-state index >= 15 is 0 Å². The summed E-state index contributed by atoms with van der Waals surface area (Å²) in [5.41, 5.74) is -1.45. The molecule has 3 aromatic rings. The van der Waals surface area contributed by atoms with Gasteiger partial charge in [0.2, 0.25) is 0 Å². The average molecular weight is 495 g/mol. The van der Waals surface area contributed by atoms with Crippen LogP contribution in [0.5, 0.6) is 17.2 Å². The van der Waals surface area contributed by atoms with Crippen molar-refractivity contribution in [3.63, 3.8) is 0 Å². The predicted octanol–water partition coefficient (Wildman–Crippen LogP) is 5.72. The monoisotopic (exact) mass is 494 g/mol. The van der Waals surface area contributed by atoms with Crippen LogP contribution in [0.25, 0.3) is 0 Å². The van der Waals surface area contributed by atoms with Gasteiger partial charge in [0.05, 0.1) is 16.1 Å². The Morgan fingerprint density at radius 1 is 0.912 bits per heavy atom. The maximum absolute atomic E-state index is 12.7. The van der Waals surface area contributed by atoms with Crippen LogP contribution < -0.4 is 9.46 Å². The average Bonchev–Trinajstić information content (AvgIpc) is 3.25. The Bertz CT molecular complexity index is 1180. The Hall–Kier alpha value is -3.24. The van der Waals surface area contributed by atoms with Crippen molar-refractivity contribution < 1.29 is 31.4 Å². The molecule has 0 atom stereocenters. The highest BCUT2D eigenvalue weighted by molar-refractivity contribution is 7.92. The summed E-state index contributed by atoms with van der Waals surface area (Å²) < 4.78 is 70.5. The number of phenols is 1. The number of hydrogen-bond acceptors (Lipinski definition) is 5. The molecule has 0 unspecified atom stereocenters. The topological polar surface area (TPSA) is 78.9 Å². The quantitative estimate of drug-likeness (QED) is 0.475. The zero-order valence-electron chi connectivity index (χ0n) is 18.4. The smallest absolute Gasteiger partial charge is 0.419 e. The Kier molecular flexibility index (Phi) is 8.06. The molecule has 10 heteroatoms. The van der Waals surface area contributed by atoms with Crippen LogP contribution in [0, 0.1) is 0 Å². The summed E-state index contributed by atoms with van der Waals surface area (Å²) in [5, 5.41) is 9.50. The SMILES string of the molecule is CN1CCCC1.O=S(=O)(Nc1ccc(C(F)(F)F)c(O)c1)c1ccc(Oc2ccccc2)cc1. The highest BCUT2D eigenvalue weighted by Gasteiger charge is 2.34. The molecule has 34 heavy (non-hydrogen) atoms. The Morgan fingerprint density at radius 3 is 2.00 bits per heavy atom. The number of aromatic hydroxyl groups is 1. The Morgan fingerprint density at radius 2 is 1.50 bits per heavy atom. The first-order chi connectivity index (χ1) is 16.0. The molecular formula is C24H25F3N2O4S. The standard InChI is InChI=1S/C19H14F3NO4S.C5H11N/c20-19(21,22)17-11-6-13(12-18(17)24)23-28(25,26)16-9-7-15(8-10-16)27-14-4-2-1-3-5-14;1-6-4-2-3-5-6/h1-12,23-24H;2-5H2,1H3. The molecular weight excluding hydrogens is 469 g/mol. The van der Waals surface area contributed by atoms with E-state index in [0.29, 0.717) is 23.6 Å². The normalized spacial score (nSPS) is 14.2. The molecule has 0 amide bonds. The van der Waals surface area contributed by atoms with E-state index in [0.717, 1.165) is 6.07 Å². The van der Waals surface area contributed by atoms with Crippen molar-refractivity contribution >= 4 is 15.7 Å². The molecule has 3 aromatic carbocycles. The number of ether oxygens (including phenoxy) is 1. The van der Waals surface area contributed by atoms with Crippen LogP contribution in [0.1, 0.15) is 18.4 Å². The molecule has 1 saturated heterocycles. The van der Waals surface area contributed by atoms with Crippen molar-refractivity contribution in [2.75, 3.05) is 24.9 Å².